The van der Waals surface area contributed by atoms with Gasteiger partial charge in [-0.25, -0.2) is 17.6 Å². The monoisotopic (exact) mass is 396 g/mol. The first kappa shape index (κ1) is 21.6. The molecule has 26 heavy (non-hydrogen) atoms. The highest BCUT2D eigenvalue weighted by molar-refractivity contribution is 6.65. The fourth-order valence-corrected chi connectivity index (χ4v) is 4.53. The molecule has 0 saturated carbocycles. The molecule has 0 aromatic heterocycles. The zero-order chi connectivity index (χ0) is 20.1. The average Bonchev–Trinajstić information content (AvgIpc) is 2.48. The zero-order valence-electron chi connectivity index (χ0n) is 14.2. The Hall–Kier alpha value is -2.43. The molecular weight excluding hydrogens is 380 g/mol. The van der Waals surface area contributed by atoms with Crippen LogP contribution in [0.2, 0.25) is 6.04 Å². The summed E-state index contributed by atoms with van der Waals surface area (Å²) in [6.45, 7) is 3.00. The van der Waals surface area contributed by atoms with Crippen molar-refractivity contribution in [2.24, 2.45) is 0 Å². The fourth-order valence-electron chi connectivity index (χ4n) is 2.17. The van der Waals surface area contributed by atoms with E-state index in [1.54, 1.807) is 0 Å². The Labute approximate surface area is 147 Å². The van der Waals surface area contributed by atoms with E-state index in [0.717, 1.165) is 20.8 Å². The van der Waals surface area contributed by atoms with Gasteiger partial charge < -0.3 is 13.3 Å². The van der Waals surface area contributed by atoms with Crippen LogP contribution in [-0.2, 0) is 34.1 Å². The second kappa shape index (κ2) is 8.78. The Kier molecular flexibility index (Phi) is 7.30. The zero-order valence-corrected chi connectivity index (χ0v) is 15.2. The van der Waals surface area contributed by atoms with E-state index >= 15 is 0 Å². The van der Waals surface area contributed by atoms with Crippen LogP contribution in [0.3, 0.4) is 0 Å². The summed E-state index contributed by atoms with van der Waals surface area (Å²) in [7, 11) is -4.13. The predicted octanol–water partition coefficient (Wildman–Crippen LogP) is 2.80. The highest BCUT2D eigenvalue weighted by atomic mass is 28.4. The van der Waals surface area contributed by atoms with Gasteiger partial charge in [0.05, 0.1) is 6.04 Å². The third kappa shape index (κ3) is 5.83. The minimum atomic E-state index is -4.13. The van der Waals surface area contributed by atoms with E-state index in [0.29, 0.717) is 6.07 Å². The van der Waals surface area contributed by atoms with Gasteiger partial charge in [0, 0.05) is 20.8 Å². The molecule has 0 N–H and O–H groups in total. The molecule has 0 bridgehead atoms. The third-order valence-corrected chi connectivity index (χ3v) is 5.77. The average molecular weight is 396 g/mol. The van der Waals surface area contributed by atoms with Crippen molar-refractivity contribution < 1.29 is 45.2 Å². The van der Waals surface area contributed by atoms with E-state index in [1.807, 2.05) is 0 Å². The first-order valence-corrected chi connectivity index (χ1v) is 9.31. The van der Waals surface area contributed by atoms with Crippen molar-refractivity contribution in [3.63, 3.8) is 0 Å². The molecule has 6 nitrogen and oxygen atoms in total. The molecule has 0 aliphatic heterocycles. The third-order valence-electron chi connectivity index (χ3n) is 3.00. The Morgan fingerprint density at radius 3 is 1.73 bits per heavy atom. The van der Waals surface area contributed by atoms with E-state index in [4.69, 9.17) is 13.3 Å². The number of halogens is 4. The van der Waals surface area contributed by atoms with Crippen LogP contribution in [-0.4, -0.2) is 26.7 Å². The van der Waals surface area contributed by atoms with Crippen molar-refractivity contribution in [1.29, 1.82) is 0 Å². The minimum Gasteiger partial charge on any atom is -0.455 e. The van der Waals surface area contributed by atoms with Crippen LogP contribution < -0.4 is 0 Å². The van der Waals surface area contributed by atoms with Crippen LogP contribution in [0.25, 0.3) is 0 Å². The molecule has 0 unspecified atom stereocenters. The Bertz CT molecular complexity index is 684. The fraction of sp³-hybridized carbons (Fsp3) is 0.400. The highest BCUT2D eigenvalue weighted by Gasteiger charge is 2.51. The van der Waals surface area contributed by atoms with Gasteiger partial charge in [0.15, 0.2) is 23.3 Å². The minimum absolute atomic E-state index is 0.137. The van der Waals surface area contributed by atoms with Crippen molar-refractivity contribution in [3.05, 3.63) is 34.9 Å². The number of carbonyl (C=O) groups excluding carboxylic acids is 3. The molecule has 0 radical (unpaired) electrons. The number of hydrogen-bond acceptors (Lipinski definition) is 6. The van der Waals surface area contributed by atoms with Crippen LogP contribution in [0, 0.1) is 23.3 Å². The lowest BCUT2D eigenvalue weighted by atomic mass is 10.1. The number of benzene rings is 1. The molecule has 144 valence electrons. The van der Waals surface area contributed by atoms with Gasteiger partial charge in [-0.3, -0.25) is 14.4 Å². The molecule has 0 atom stereocenters. The largest absolute Gasteiger partial charge is 0.705 e. The van der Waals surface area contributed by atoms with Crippen LogP contribution in [0.4, 0.5) is 17.6 Å². The Morgan fingerprint density at radius 2 is 1.31 bits per heavy atom. The van der Waals surface area contributed by atoms with E-state index in [9.17, 15) is 31.9 Å². The van der Waals surface area contributed by atoms with Gasteiger partial charge in [0.2, 0.25) is 0 Å². The van der Waals surface area contributed by atoms with Gasteiger partial charge >= 0.3 is 8.80 Å². The molecule has 0 spiro atoms. The van der Waals surface area contributed by atoms with Crippen molar-refractivity contribution in [2.75, 3.05) is 0 Å². The normalized spacial score (nSPS) is 11.0. The smallest absolute Gasteiger partial charge is 0.455 e. The van der Waals surface area contributed by atoms with Crippen LogP contribution >= 0.6 is 0 Å². The van der Waals surface area contributed by atoms with Gasteiger partial charge in [0.25, 0.3) is 17.9 Å². The molecule has 1 rings (SSSR count). The molecule has 0 saturated heterocycles. The van der Waals surface area contributed by atoms with Gasteiger partial charge in [-0.05, 0) is 24.5 Å². The van der Waals surface area contributed by atoms with Gasteiger partial charge in [-0.2, -0.15) is 0 Å². The quantitative estimate of drug-likeness (QED) is 0.305. The molecule has 0 fully saturated rings. The molecule has 0 aliphatic carbocycles. The van der Waals surface area contributed by atoms with Gasteiger partial charge in [0.1, 0.15) is 0 Å². The number of carbonyl (C=O) groups is 3. The molecule has 0 heterocycles. The van der Waals surface area contributed by atoms with Crippen molar-refractivity contribution in [2.45, 2.75) is 39.7 Å². The molecule has 0 aliphatic rings. The summed E-state index contributed by atoms with van der Waals surface area (Å²) in [6, 6.07) is 0.173. The van der Waals surface area contributed by atoms with Gasteiger partial charge in [-0.1, -0.05) is 0 Å². The van der Waals surface area contributed by atoms with Crippen LogP contribution in [0.1, 0.15) is 32.8 Å². The molecule has 1 aromatic rings. The van der Waals surface area contributed by atoms with Crippen LogP contribution in [0.15, 0.2) is 6.07 Å². The van der Waals surface area contributed by atoms with E-state index in [-0.39, 0.29) is 18.9 Å². The lowest BCUT2D eigenvalue weighted by Gasteiger charge is -2.26. The second-order valence-electron chi connectivity index (χ2n) is 5.28. The summed E-state index contributed by atoms with van der Waals surface area (Å²) in [4.78, 5) is 33.8. The first-order valence-electron chi connectivity index (χ1n) is 7.38. The molecule has 11 heteroatoms. The number of hydrogen-bond donors (Lipinski definition) is 0. The summed E-state index contributed by atoms with van der Waals surface area (Å²) in [5.41, 5.74) is -0.474. The van der Waals surface area contributed by atoms with Crippen molar-refractivity contribution in [1.82, 2.24) is 0 Å². The standard InChI is InChI=1S/C15H16F4O6Si/c1-8(20)23-26(24-9(2)21,25-10(3)22)6-4-5-11-7-12(16)14(18)15(19)13(11)17/h7H,4-6H2,1-3H3. The summed E-state index contributed by atoms with van der Waals surface area (Å²) in [5, 5.41) is 0. The number of aryl methyl sites for hydroxylation is 1. The number of rotatable bonds is 7. The van der Waals surface area contributed by atoms with Crippen molar-refractivity contribution in [3.8, 4) is 0 Å². The van der Waals surface area contributed by atoms with E-state index in [2.05, 4.69) is 0 Å². The second-order valence-corrected chi connectivity index (χ2v) is 7.76. The predicted molar refractivity (Wildman–Crippen MR) is 80.5 cm³/mol. The first-order chi connectivity index (χ1) is 12.0. The summed E-state index contributed by atoms with van der Waals surface area (Å²) >= 11 is 0. The van der Waals surface area contributed by atoms with Gasteiger partial charge in [-0.15, -0.1) is 0 Å². The maximum absolute atomic E-state index is 13.7. The summed E-state index contributed by atoms with van der Waals surface area (Å²) in [5.74, 6) is -9.68. The SMILES string of the molecule is CC(=O)O[Si](CCCc1cc(F)c(F)c(F)c1F)(OC(C)=O)OC(C)=O. The van der Waals surface area contributed by atoms with Crippen molar-refractivity contribution >= 4 is 26.7 Å². The maximum Gasteiger partial charge on any atom is 0.705 e. The highest BCUT2D eigenvalue weighted by Crippen LogP contribution is 2.24. The van der Waals surface area contributed by atoms with E-state index in [1.165, 1.54) is 0 Å². The molecular formula is C15H16F4O6Si. The Morgan fingerprint density at radius 1 is 0.846 bits per heavy atom. The van der Waals surface area contributed by atoms with E-state index < -0.39 is 55.5 Å². The summed E-state index contributed by atoms with van der Waals surface area (Å²) < 4.78 is 67.8. The lowest BCUT2D eigenvalue weighted by Crippen LogP contribution is -2.49. The molecule has 1 aromatic carbocycles. The molecule has 0 amide bonds. The lowest BCUT2D eigenvalue weighted by molar-refractivity contribution is -0.147. The van der Waals surface area contributed by atoms with Crippen LogP contribution in [0.5, 0.6) is 0 Å². The Balaban J connectivity index is 3.00. The summed E-state index contributed by atoms with van der Waals surface area (Å²) in [6.07, 6.45) is -0.458. The topological polar surface area (TPSA) is 78.9 Å². The maximum atomic E-state index is 13.7.